The van der Waals surface area contributed by atoms with Crippen LogP contribution < -0.4 is 5.32 Å². The van der Waals surface area contributed by atoms with Gasteiger partial charge in [0, 0.05) is 17.8 Å². The van der Waals surface area contributed by atoms with Crippen LogP contribution in [0, 0.1) is 6.92 Å². The second-order valence-corrected chi connectivity index (χ2v) is 4.87. The number of aryl methyl sites for hydroxylation is 2. The first-order valence-electron chi connectivity index (χ1n) is 7.02. The van der Waals surface area contributed by atoms with Crippen LogP contribution in [0.15, 0.2) is 47.3 Å². The van der Waals surface area contributed by atoms with Gasteiger partial charge in [-0.05, 0) is 32.0 Å². The van der Waals surface area contributed by atoms with Gasteiger partial charge in [-0.1, -0.05) is 12.1 Å². The number of hydrogen-bond acceptors (Lipinski definition) is 4. The summed E-state index contributed by atoms with van der Waals surface area (Å²) in [5, 5.41) is 10.9. The van der Waals surface area contributed by atoms with Crippen LogP contribution in [-0.2, 0) is 6.54 Å². The van der Waals surface area contributed by atoms with Crippen molar-refractivity contribution in [2.75, 3.05) is 5.32 Å². The molecule has 0 atom stereocenters. The second kappa shape index (κ2) is 5.85. The maximum atomic E-state index is 12.2. The van der Waals surface area contributed by atoms with Crippen LogP contribution in [0.1, 0.15) is 23.0 Å². The minimum Gasteiger partial charge on any atom is -0.469 e. The number of benzene rings is 1. The van der Waals surface area contributed by atoms with Gasteiger partial charge >= 0.3 is 0 Å². The van der Waals surface area contributed by atoms with Crippen LogP contribution in [-0.4, -0.2) is 20.7 Å². The van der Waals surface area contributed by atoms with Gasteiger partial charge in [-0.3, -0.25) is 4.79 Å². The molecule has 0 spiro atoms. The monoisotopic (exact) mass is 296 g/mol. The Bertz CT molecular complexity index is 804. The molecule has 22 heavy (non-hydrogen) atoms. The van der Waals surface area contributed by atoms with Crippen molar-refractivity contribution in [3.8, 4) is 11.4 Å². The largest absolute Gasteiger partial charge is 0.469 e. The summed E-state index contributed by atoms with van der Waals surface area (Å²) in [6, 6.07) is 9.19. The molecule has 1 aromatic carbocycles. The van der Waals surface area contributed by atoms with E-state index in [1.165, 1.54) is 6.26 Å². The smallest absolute Gasteiger partial charge is 0.259 e. The first-order valence-corrected chi connectivity index (χ1v) is 7.02. The van der Waals surface area contributed by atoms with Gasteiger partial charge in [0.15, 0.2) is 5.82 Å². The number of nitrogens with one attached hydrogen (secondary N) is 1. The van der Waals surface area contributed by atoms with Crippen molar-refractivity contribution in [2.45, 2.75) is 20.4 Å². The van der Waals surface area contributed by atoms with Crippen molar-refractivity contribution in [1.82, 2.24) is 14.8 Å². The summed E-state index contributed by atoms with van der Waals surface area (Å²) < 4.78 is 7.10. The average molecular weight is 296 g/mol. The lowest BCUT2D eigenvalue weighted by molar-refractivity contribution is 0.102. The molecule has 0 aliphatic rings. The lowest BCUT2D eigenvalue weighted by Gasteiger charge is -2.07. The summed E-state index contributed by atoms with van der Waals surface area (Å²) in [7, 11) is 0. The fraction of sp³-hybridized carbons (Fsp3) is 0.188. The van der Waals surface area contributed by atoms with E-state index in [-0.39, 0.29) is 5.91 Å². The first-order chi connectivity index (χ1) is 10.7. The van der Waals surface area contributed by atoms with Gasteiger partial charge in [-0.15, -0.1) is 10.2 Å². The van der Waals surface area contributed by atoms with E-state index in [0.29, 0.717) is 17.0 Å². The Kier molecular flexibility index (Phi) is 3.74. The lowest BCUT2D eigenvalue weighted by Crippen LogP contribution is -2.12. The Morgan fingerprint density at radius 3 is 2.95 bits per heavy atom. The third-order valence-electron chi connectivity index (χ3n) is 3.44. The van der Waals surface area contributed by atoms with E-state index < -0.39 is 0 Å². The summed E-state index contributed by atoms with van der Waals surface area (Å²) in [5.41, 5.74) is 2.14. The fourth-order valence-corrected chi connectivity index (χ4v) is 2.26. The molecule has 1 N–H and O–H groups in total. The van der Waals surface area contributed by atoms with E-state index >= 15 is 0 Å². The third-order valence-corrected chi connectivity index (χ3v) is 3.44. The van der Waals surface area contributed by atoms with Crippen molar-refractivity contribution in [3.05, 3.63) is 54.2 Å². The van der Waals surface area contributed by atoms with E-state index in [0.717, 1.165) is 17.9 Å². The Balaban J connectivity index is 1.86. The number of carbonyl (C=O) groups excluding carboxylic acids is 1. The Morgan fingerprint density at radius 2 is 2.23 bits per heavy atom. The number of hydrogen-bond donors (Lipinski definition) is 1. The maximum Gasteiger partial charge on any atom is 0.259 e. The van der Waals surface area contributed by atoms with Gasteiger partial charge in [-0.25, -0.2) is 0 Å². The molecule has 0 fully saturated rings. The van der Waals surface area contributed by atoms with Crippen molar-refractivity contribution >= 4 is 11.6 Å². The summed E-state index contributed by atoms with van der Waals surface area (Å²) in [6.07, 6.45) is 3.19. The van der Waals surface area contributed by atoms with E-state index in [4.69, 9.17) is 4.42 Å². The highest BCUT2D eigenvalue weighted by molar-refractivity contribution is 6.05. The number of furan rings is 1. The standard InChI is InChI=1S/C16H16N4O2/c1-3-20-10-17-19-15(20)12-5-4-6-13(9-12)18-16(21)14-7-8-22-11(14)2/h4-10H,3H2,1-2H3,(H,18,21). The number of nitrogens with zero attached hydrogens (tertiary/aromatic N) is 3. The van der Waals surface area contributed by atoms with Crippen LogP contribution in [0.4, 0.5) is 5.69 Å². The second-order valence-electron chi connectivity index (χ2n) is 4.87. The van der Waals surface area contributed by atoms with E-state index in [1.807, 2.05) is 35.8 Å². The van der Waals surface area contributed by atoms with Gasteiger partial charge < -0.3 is 14.3 Å². The van der Waals surface area contributed by atoms with Gasteiger partial charge in [0.2, 0.25) is 0 Å². The summed E-state index contributed by atoms with van der Waals surface area (Å²) in [5.74, 6) is 1.18. The summed E-state index contributed by atoms with van der Waals surface area (Å²) in [6.45, 7) is 4.57. The zero-order chi connectivity index (χ0) is 15.5. The number of carbonyl (C=O) groups is 1. The molecule has 1 amide bonds. The van der Waals surface area contributed by atoms with Crippen LogP contribution in [0.2, 0.25) is 0 Å². The number of amides is 1. The minimum absolute atomic E-state index is 0.194. The lowest BCUT2D eigenvalue weighted by atomic mass is 10.1. The van der Waals surface area contributed by atoms with Crippen LogP contribution in [0.5, 0.6) is 0 Å². The molecular weight excluding hydrogens is 280 g/mol. The molecule has 112 valence electrons. The number of anilines is 1. The fourth-order valence-electron chi connectivity index (χ4n) is 2.26. The van der Waals surface area contributed by atoms with E-state index in [2.05, 4.69) is 15.5 Å². The quantitative estimate of drug-likeness (QED) is 0.802. The zero-order valence-corrected chi connectivity index (χ0v) is 12.4. The molecule has 6 heteroatoms. The minimum atomic E-state index is -0.194. The molecule has 0 saturated heterocycles. The zero-order valence-electron chi connectivity index (χ0n) is 12.4. The molecule has 0 unspecified atom stereocenters. The first kappa shape index (κ1) is 14.1. The Morgan fingerprint density at radius 1 is 1.36 bits per heavy atom. The summed E-state index contributed by atoms with van der Waals surface area (Å²) in [4.78, 5) is 12.2. The highest BCUT2D eigenvalue weighted by Crippen LogP contribution is 2.21. The SMILES string of the molecule is CCn1cnnc1-c1cccc(NC(=O)c2ccoc2C)c1. The van der Waals surface area contributed by atoms with Gasteiger partial charge in [0.05, 0.1) is 11.8 Å². The Hall–Kier alpha value is -2.89. The van der Waals surface area contributed by atoms with Crippen LogP contribution >= 0.6 is 0 Å². The molecule has 0 aliphatic heterocycles. The van der Waals surface area contributed by atoms with E-state index in [1.54, 1.807) is 19.3 Å². The van der Waals surface area contributed by atoms with Gasteiger partial charge in [-0.2, -0.15) is 0 Å². The Labute approximate surface area is 127 Å². The average Bonchev–Trinajstić information content (AvgIpc) is 3.15. The normalized spacial score (nSPS) is 10.6. The predicted octanol–water partition coefficient (Wildman–Crippen LogP) is 3.12. The van der Waals surface area contributed by atoms with Crippen molar-refractivity contribution in [3.63, 3.8) is 0 Å². The van der Waals surface area contributed by atoms with Crippen LogP contribution in [0.3, 0.4) is 0 Å². The van der Waals surface area contributed by atoms with Crippen molar-refractivity contribution < 1.29 is 9.21 Å². The predicted molar refractivity (Wildman–Crippen MR) is 82.5 cm³/mol. The van der Waals surface area contributed by atoms with E-state index in [9.17, 15) is 4.79 Å². The topological polar surface area (TPSA) is 73.0 Å². The molecule has 6 nitrogen and oxygen atoms in total. The third kappa shape index (κ3) is 2.63. The molecule has 3 rings (SSSR count). The highest BCUT2D eigenvalue weighted by Gasteiger charge is 2.12. The molecule has 0 bridgehead atoms. The van der Waals surface area contributed by atoms with Gasteiger partial charge in [0.1, 0.15) is 12.1 Å². The van der Waals surface area contributed by atoms with Crippen LogP contribution in [0.25, 0.3) is 11.4 Å². The molecule has 2 aromatic heterocycles. The molecule has 0 saturated carbocycles. The molecule has 3 aromatic rings. The maximum absolute atomic E-state index is 12.2. The highest BCUT2D eigenvalue weighted by atomic mass is 16.3. The summed E-state index contributed by atoms with van der Waals surface area (Å²) >= 11 is 0. The van der Waals surface area contributed by atoms with Gasteiger partial charge in [0.25, 0.3) is 5.91 Å². The molecular formula is C16H16N4O2. The molecule has 0 radical (unpaired) electrons. The number of rotatable bonds is 4. The number of aromatic nitrogens is 3. The van der Waals surface area contributed by atoms with Crippen molar-refractivity contribution in [1.29, 1.82) is 0 Å². The van der Waals surface area contributed by atoms with Crippen molar-refractivity contribution in [2.24, 2.45) is 0 Å². The molecule has 0 aliphatic carbocycles. The molecule has 2 heterocycles.